The van der Waals surface area contributed by atoms with Crippen molar-refractivity contribution in [1.29, 1.82) is 0 Å². The third-order valence-corrected chi connectivity index (χ3v) is 3.33. The van der Waals surface area contributed by atoms with Gasteiger partial charge in [0.2, 0.25) is 0 Å². The van der Waals surface area contributed by atoms with Gasteiger partial charge in [0.05, 0.1) is 5.69 Å². The number of fused-ring (bicyclic) bond motifs is 1. The van der Waals surface area contributed by atoms with E-state index in [4.69, 9.17) is 5.73 Å². The Labute approximate surface area is 120 Å². The fraction of sp³-hybridized carbons (Fsp3) is 0.600. The van der Waals surface area contributed by atoms with Gasteiger partial charge in [-0.05, 0) is 12.5 Å². The number of anilines is 1. The minimum Gasteiger partial charge on any atom is -0.354 e. The predicted octanol–water partition coefficient (Wildman–Crippen LogP) is 2.20. The first-order chi connectivity index (χ1) is 9.47. The Balaban J connectivity index is 2.50. The molecule has 2 aromatic heterocycles. The van der Waals surface area contributed by atoms with Gasteiger partial charge >= 0.3 is 0 Å². The van der Waals surface area contributed by atoms with Crippen molar-refractivity contribution in [2.45, 2.75) is 39.5 Å². The fourth-order valence-electron chi connectivity index (χ4n) is 2.27. The molecule has 0 aliphatic heterocycles. The van der Waals surface area contributed by atoms with Gasteiger partial charge in [0, 0.05) is 37.4 Å². The third kappa shape index (κ3) is 2.93. The van der Waals surface area contributed by atoms with E-state index in [0.29, 0.717) is 6.54 Å². The molecule has 2 aromatic rings. The molecule has 0 radical (unpaired) electrons. The summed E-state index contributed by atoms with van der Waals surface area (Å²) < 4.78 is 1.92. The van der Waals surface area contributed by atoms with Gasteiger partial charge in [0.1, 0.15) is 5.52 Å². The maximum atomic E-state index is 5.72. The molecular weight excluding hydrogens is 250 g/mol. The van der Waals surface area contributed by atoms with Crippen molar-refractivity contribution in [2.24, 2.45) is 5.73 Å². The molecule has 0 bridgehead atoms. The lowest BCUT2D eigenvalue weighted by Crippen LogP contribution is -2.31. The number of nitrogens with two attached hydrogens (primary N) is 1. The van der Waals surface area contributed by atoms with Crippen LogP contribution in [0.2, 0.25) is 0 Å². The van der Waals surface area contributed by atoms with Crippen molar-refractivity contribution in [2.75, 3.05) is 24.5 Å². The highest BCUT2D eigenvalue weighted by Crippen LogP contribution is 2.26. The second kappa shape index (κ2) is 5.79. The van der Waals surface area contributed by atoms with E-state index < -0.39 is 0 Å². The molecule has 2 rings (SSSR count). The van der Waals surface area contributed by atoms with E-state index in [-0.39, 0.29) is 5.41 Å². The average Bonchev–Trinajstić information content (AvgIpc) is 2.82. The van der Waals surface area contributed by atoms with E-state index in [1.54, 1.807) is 6.20 Å². The Morgan fingerprint density at radius 1 is 1.30 bits per heavy atom. The lowest BCUT2D eigenvalue weighted by Gasteiger charge is -2.22. The molecule has 0 fully saturated rings. The van der Waals surface area contributed by atoms with Crippen LogP contribution < -0.4 is 10.6 Å². The molecule has 0 aliphatic carbocycles. The van der Waals surface area contributed by atoms with Crippen LogP contribution in [0.25, 0.3) is 5.52 Å². The van der Waals surface area contributed by atoms with Crippen LogP contribution in [0.1, 0.15) is 39.8 Å². The molecule has 2 heterocycles. The third-order valence-electron chi connectivity index (χ3n) is 3.33. The largest absolute Gasteiger partial charge is 0.354 e. The highest BCUT2D eigenvalue weighted by atomic mass is 15.3. The van der Waals surface area contributed by atoms with Gasteiger partial charge in [-0.2, -0.15) is 5.10 Å². The van der Waals surface area contributed by atoms with Gasteiger partial charge in [-0.15, -0.1) is 0 Å². The van der Waals surface area contributed by atoms with Crippen LogP contribution in [-0.2, 0) is 5.41 Å². The SMILES string of the molecule is CCCN(CCN)c1nccn2nc(C(C)(C)C)cc12. The van der Waals surface area contributed by atoms with Gasteiger partial charge < -0.3 is 10.6 Å². The molecule has 20 heavy (non-hydrogen) atoms. The number of aromatic nitrogens is 3. The quantitative estimate of drug-likeness (QED) is 0.909. The summed E-state index contributed by atoms with van der Waals surface area (Å²) in [4.78, 5) is 6.79. The van der Waals surface area contributed by atoms with Gasteiger partial charge in [0.15, 0.2) is 5.82 Å². The number of hydrogen-bond acceptors (Lipinski definition) is 4. The Kier molecular flexibility index (Phi) is 4.28. The van der Waals surface area contributed by atoms with E-state index in [1.165, 1.54) is 0 Å². The van der Waals surface area contributed by atoms with Crippen LogP contribution in [0, 0.1) is 0 Å². The van der Waals surface area contributed by atoms with Crippen molar-refractivity contribution >= 4 is 11.3 Å². The second-order valence-electron chi connectivity index (χ2n) is 6.14. The van der Waals surface area contributed by atoms with Crippen molar-refractivity contribution in [1.82, 2.24) is 14.6 Å². The summed E-state index contributed by atoms with van der Waals surface area (Å²) >= 11 is 0. The molecular formula is C15H25N5. The predicted molar refractivity (Wildman–Crippen MR) is 83.2 cm³/mol. The molecule has 0 spiro atoms. The zero-order chi connectivity index (χ0) is 14.8. The van der Waals surface area contributed by atoms with E-state index in [2.05, 4.69) is 48.7 Å². The zero-order valence-corrected chi connectivity index (χ0v) is 12.9. The summed E-state index contributed by atoms with van der Waals surface area (Å²) in [5, 5.41) is 4.67. The van der Waals surface area contributed by atoms with Crippen LogP contribution >= 0.6 is 0 Å². The van der Waals surface area contributed by atoms with Crippen LogP contribution in [0.5, 0.6) is 0 Å². The summed E-state index contributed by atoms with van der Waals surface area (Å²) in [5.74, 6) is 0.975. The van der Waals surface area contributed by atoms with Crippen LogP contribution in [-0.4, -0.2) is 34.2 Å². The highest BCUT2D eigenvalue weighted by Gasteiger charge is 2.20. The topological polar surface area (TPSA) is 59.5 Å². The lowest BCUT2D eigenvalue weighted by molar-refractivity contribution is 0.562. The van der Waals surface area contributed by atoms with Crippen molar-refractivity contribution in [3.8, 4) is 0 Å². The molecule has 0 aromatic carbocycles. The molecule has 0 saturated heterocycles. The van der Waals surface area contributed by atoms with Crippen LogP contribution in [0.3, 0.4) is 0 Å². The molecule has 0 saturated carbocycles. The first kappa shape index (κ1) is 14.8. The van der Waals surface area contributed by atoms with E-state index in [9.17, 15) is 0 Å². The smallest absolute Gasteiger partial charge is 0.154 e. The maximum absolute atomic E-state index is 5.72. The van der Waals surface area contributed by atoms with E-state index in [0.717, 1.165) is 36.5 Å². The molecule has 5 nitrogen and oxygen atoms in total. The normalized spacial score (nSPS) is 12.1. The monoisotopic (exact) mass is 275 g/mol. The van der Waals surface area contributed by atoms with Gasteiger partial charge in [-0.25, -0.2) is 9.50 Å². The average molecular weight is 275 g/mol. The standard InChI is InChI=1S/C15H25N5/c1-5-8-19(9-6-16)14-12-11-13(15(2,3)4)18-20(12)10-7-17-14/h7,10-11H,5-6,8-9,16H2,1-4H3. The Hall–Kier alpha value is -1.62. The highest BCUT2D eigenvalue weighted by molar-refractivity contribution is 5.69. The summed E-state index contributed by atoms with van der Waals surface area (Å²) in [6.07, 6.45) is 4.78. The molecule has 110 valence electrons. The second-order valence-corrected chi connectivity index (χ2v) is 6.14. The van der Waals surface area contributed by atoms with Crippen molar-refractivity contribution < 1.29 is 0 Å². The minimum atomic E-state index is 0.0345. The Bertz CT molecular complexity index is 561. The zero-order valence-electron chi connectivity index (χ0n) is 12.9. The Morgan fingerprint density at radius 3 is 2.65 bits per heavy atom. The van der Waals surface area contributed by atoms with Crippen molar-refractivity contribution in [3.05, 3.63) is 24.2 Å². The number of rotatable bonds is 5. The van der Waals surface area contributed by atoms with E-state index >= 15 is 0 Å². The first-order valence-electron chi connectivity index (χ1n) is 7.27. The lowest BCUT2D eigenvalue weighted by atomic mass is 9.92. The maximum Gasteiger partial charge on any atom is 0.154 e. The van der Waals surface area contributed by atoms with Crippen molar-refractivity contribution in [3.63, 3.8) is 0 Å². The first-order valence-corrected chi connectivity index (χ1v) is 7.27. The summed E-state index contributed by atoms with van der Waals surface area (Å²) in [5.41, 5.74) is 7.89. The van der Waals surface area contributed by atoms with E-state index in [1.807, 2.05) is 10.7 Å². The fourth-order valence-corrected chi connectivity index (χ4v) is 2.27. The van der Waals surface area contributed by atoms with Crippen LogP contribution in [0.15, 0.2) is 18.5 Å². The molecule has 5 heteroatoms. The molecule has 0 unspecified atom stereocenters. The van der Waals surface area contributed by atoms with Gasteiger partial charge in [-0.1, -0.05) is 27.7 Å². The molecule has 2 N–H and O–H groups in total. The Morgan fingerprint density at radius 2 is 2.05 bits per heavy atom. The van der Waals surface area contributed by atoms with Crippen LogP contribution in [0.4, 0.5) is 5.82 Å². The molecule has 0 atom stereocenters. The number of hydrogen-bond donors (Lipinski definition) is 1. The van der Waals surface area contributed by atoms with Gasteiger partial charge in [-0.3, -0.25) is 0 Å². The minimum absolute atomic E-state index is 0.0345. The molecule has 0 amide bonds. The summed E-state index contributed by atoms with van der Waals surface area (Å²) in [6.45, 7) is 11.1. The summed E-state index contributed by atoms with van der Waals surface area (Å²) in [6, 6.07) is 2.14. The molecule has 0 aliphatic rings. The number of nitrogens with zero attached hydrogens (tertiary/aromatic N) is 4. The van der Waals surface area contributed by atoms with Gasteiger partial charge in [0.25, 0.3) is 0 Å². The summed E-state index contributed by atoms with van der Waals surface area (Å²) in [7, 11) is 0.